The Morgan fingerprint density at radius 3 is 2.70 bits per heavy atom. The van der Waals surface area contributed by atoms with Crippen LogP contribution in [0, 0.1) is 5.92 Å². The van der Waals surface area contributed by atoms with Gasteiger partial charge in [0.1, 0.15) is 5.82 Å². The van der Waals surface area contributed by atoms with Crippen LogP contribution in [0.4, 0.5) is 5.82 Å². The standard InChI is InChI=1S/C13H16N4O2S/c1-8-6-12(8)17-20(18,19)10-3-4-11-9(7-10)2-5-13(15-11)16-14/h2-5,7-8,12,17H,6,14H2,1H3,(H,15,16). The molecular formula is C13H16N4O2S. The van der Waals surface area contributed by atoms with E-state index >= 15 is 0 Å². The molecule has 2 aromatic rings. The van der Waals surface area contributed by atoms with Crippen molar-refractivity contribution in [3.05, 3.63) is 30.3 Å². The number of nitrogens with one attached hydrogen (secondary N) is 2. The third-order valence-electron chi connectivity index (χ3n) is 3.53. The van der Waals surface area contributed by atoms with Gasteiger partial charge >= 0.3 is 0 Å². The first-order valence-corrected chi connectivity index (χ1v) is 7.88. The SMILES string of the molecule is CC1CC1NS(=O)(=O)c1ccc2nc(NN)ccc2c1. The maximum absolute atomic E-state index is 12.2. The van der Waals surface area contributed by atoms with Crippen molar-refractivity contribution in [2.75, 3.05) is 5.43 Å². The second kappa shape index (κ2) is 4.69. The summed E-state index contributed by atoms with van der Waals surface area (Å²) in [6.07, 6.45) is 0.903. The lowest BCUT2D eigenvalue weighted by Crippen LogP contribution is -2.26. The molecule has 6 nitrogen and oxygen atoms in total. The summed E-state index contributed by atoms with van der Waals surface area (Å²) in [6, 6.07) is 8.42. The van der Waals surface area contributed by atoms with Crippen LogP contribution in [0.2, 0.25) is 0 Å². The second-order valence-corrected chi connectivity index (χ2v) is 6.85. The summed E-state index contributed by atoms with van der Waals surface area (Å²) >= 11 is 0. The average Bonchev–Trinajstić information content (AvgIpc) is 3.11. The Kier molecular flexibility index (Phi) is 3.12. The van der Waals surface area contributed by atoms with E-state index in [2.05, 4.69) is 15.1 Å². The van der Waals surface area contributed by atoms with E-state index < -0.39 is 10.0 Å². The number of hydrazine groups is 1. The Hall–Kier alpha value is -1.70. The van der Waals surface area contributed by atoms with E-state index in [0.717, 1.165) is 11.8 Å². The summed E-state index contributed by atoms with van der Waals surface area (Å²) in [4.78, 5) is 4.51. The number of hydrogen-bond donors (Lipinski definition) is 3. The zero-order valence-electron chi connectivity index (χ0n) is 11.0. The molecule has 1 saturated carbocycles. The quantitative estimate of drug-likeness (QED) is 0.581. The minimum atomic E-state index is -3.46. The molecule has 1 fully saturated rings. The Morgan fingerprint density at radius 2 is 2.05 bits per heavy atom. The van der Waals surface area contributed by atoms with Crippen molar-refractivity contribution in [1.82, 2.24) is 9.71 Å². The van der Waals surface area contributed by atoms with Gasteiger partial charge in [-0.2, -0.15) is 0 Å². The molecule has 0 amide bonds. The molecule has 20 heavy (non-hydrogen) atoms. The number of benzene rings is 1. The molecule has 1 heterocycles. The molecule has 2 unspecified atom stereocenters. The van der Waals surface area contributed by atoms with E-state index in [1.807, 2.05) is 6.92 Å². The highest BCUT2D eigenvalue weighted by Crippen LogP contribution is 2.31. The first-order chi connectivity index (χ1) is 9.49. The van der Waals surface area contributed by atoms with Crippen molar-refractivity contribution >= 4 is 26.7 Å². The molecule has 1 aliphatic rings. The van der Waals surface area contributed by atoms with Crippen LogP contribution in [0.1, 0.15) is 13.3 Å². The number of pyridine rings is 1. The fourth-order valence-corrected chi connectivity index (χ4v) is 3.50. The predicted octanol–water partition coefficient (Wildman–Crippen LogP) is 1.21. The highest BCUT2D eigenvalue weighted by atomic mass is 32.2. The third kappa shape index (κ3) is 2.47. The van der Waals surface area contributed by atoms with Crippen molar-refractivity contribution in [2.45, 2.75) is 24.3 Å². The van der Waals surface area contributed by atoms with Gasteiger partial charge in [-0.15, -0.1) is 0 Å². The molecule has 0 bridgehead atoms. The minimum absolute atomic E-state index is 0.0673. The van der Waals surface area contributed by atoms with E-state index in [-0.39, 0.29) is 10.9 Å². The van der Waals surface area contributed by atoms with Crippen LogP contribution < -0.4 is 16.0 Å². The van der Waals surface area contributed by atoms with E-state index in [0.29, 0.717) is 17.3 Å². The van der Waals surface area contributed by atoms with Crippen LogP contribution in [0.15, 0.2) is 35.2 Å². The fourth-order valence-electron chi connectivity index (χ4n) is 2.10. The van der Waals surface area contributed by atoms with Gasteiger partial charge in [0.15, 0.2) is 0 Å². The van der Waals surface area contributed by atoms with E-state index in [4.69, 9.17) is 5.84 Å². The summed E-state index contributed by atoms with van der Waals surface area (Å²) in [5, 5.41) is 0.760. The molecule has 0 radical (unpaired) electrons. The second-order valence-electron chi connectivity index (χ2n) is 5.14. The number of nitrogens with zero attached hydrogens (tertiary/aromatic N) is 1. The molecule has 0 aliphatic heterocycles. The number of fused-ring (bicyclic) bond motifs is 1. The molecule has 1 aromatic heterocycles. The number of sulfonamides is 1. The molecule has 2 atom stereocenters. The number of aromatic nitrogens is 1. The summed E-state index contributed by atoms with van der Waals surface area (Å²) < 4.78 is 27.2. The predicted molar refractivity (Wildman–Crippen MR) is 77.4 cm³/mol. The molecule has 3 rings (SSSR count). The van der Waals surface area contributed by atoms with Crippen molar-refractivity contribution < 1.29 is 8.42 Å². The van der Waals surface area contributed by atoms with Gasteiger partial charge in [0.25, 0.3) is 0 Å². The van der Waals surface area contributed by atoms with Crippen molar-refractivity contribution in [2.24, 2.45) is 11.8 Å². The number of nitrogen functional groups attached to an aromatic ring is 1. The average molecular weight is 292 g/mol. The monoisotopic (exact) mass is 292 g/mol. The number of rotatable bonds is 4. The van der Waals surface area contributed by atoms with Gasteiger partial charge in [-0.3, -0.25) is 0 Å². The van der Waals surface area contributed by atoms with Gasteiger partial charge in [-0.1, -0.05) is 6.92 Å². The molecule has 1 aliphatic carbocycles. The number of hydrogen-bond acceptors (Lipinski definition) is 5. The summed E-state index contributed by atoms with van der Waals surface area (Å²) in [5.41, 5.74) is 3.16. The summed E-state index contributed by atoms with van der Waals surface area (Å²) in [5.74, 6) is 6.26. The zero-order chi connectivity index (χ0) is 14.3. The lowest BCUT2D eigenvalue weighted by Gasteiger charge is -2.07. The van der Waals surface area contributed by atoms with Crippen LogP contribution in [-0.4, -0.2) is 19.4 Å². The molecule has 0 saturated heterocycles. The van der Waals surface area contributed by atoms with E-state index in [1.54, 1.807) is 30.3 Å². The van der Waals surface area contributed by atoms with Gasteiger partial charge in [-0.05, 0) is 42.7 Å². The molecule has 4 N–H and O–H groups in total. The first-order valence-electron chi connectivity index (χ1n) is 6.39. The highest BCUT2D eigenvalue weighted by Gasteiger charge is 2.36. The van der Waals surface area contributed by atoms with E-state index in [9.17, 15) is 8.42 Å². The maximum atomic E-state index is 12.2. The number of anilines is 1. The Balaban J connectivity index is 1.96. The topological polar surface area (TPSA) is 97.1 Å². The fraction of sp³-hybridized carbons (Fsp3) is 0.308. The maximum Gasteiger partial charge on any atom is 0.240 e. The van der Waals surface area contributed by atoms with Crippen LogP contribution in [0.3, 0.4) is 0 Å². The normalized spacial score (nSPS) is 21.9. The van der Waals surface area contributed by atoms with Crippen molar-refractivity contribution in [3.63, 3.8) is 0 Å². The van der Waals surface area contributed by atoms with Crippen LogP contribution in [-0.2, 0) is 10.0 Å². The van der Waals surface area contributed by atoms with Gasteiger partial charge in [0.05, 0.1) is 10.4 Å². The van der Waals surface area contributed by atoms with E-state index in [1.165, 1.54) is 0 Å². The number of nitrogens with two attached hydrogens (primary N) is 1. The molecule has 106 valence electrons. The van der Waals surface area contributed by atoms with Gasteiger partial charge in [0, 0.05) is 11.4 Å². The van der Waals surface area contributed by atoms with Gasteiger partial charge < -0.3 is 5.43 Å². The smallest absolute Gasteiger partial charge is 0.240 e. The Bertz CT molecular complexity index is 760. The van der Waals surface area contributed by atoms with Gasteiger partial charge in [0.2, 0.25) is 10.0 Å². The first kappa shape index (κ1) is 13.3. The molecule has 7 heteroatoms. The van der Waals surface area contributed by atoms with Crippen LogP contribution in [0.5, 0.6) is 0 Å². The van der Waals surface area contributed by atoms with Crippen LogP contribution >= 0.6 is 0 Å². The Labute approximate surface area is 117 Å². The highest BCUT2D eigenvalue weighted by molar-refractivity contribution is 7.89. The van der Waals surface area contributed by atoms with Crippen molar-refractivity contribution in [3.8, 4) is 0 Å². The third-order valence-corrected chi connectivity index (χ3v) is 5.02. The summed E-state index contributed by atoms with van der Waals surface area (Å²) in [6.45, 7) is 2.03. The summed E-state index contributed by atoms with van der Waals surface area (Å²) in [7, 11) is -3.46. The zero-order valence-corrected chi connectivity index (χ0v) is 11.8. The molecule has 0 spiro atoms. The lowest BCUT2D eigenvalue weighted by atomic mass is 10.2. The molecule has 1 aromatic carbocycles. The van der Waals surface area contributed by atoms with Crippen molar-refractivity contribution in [1.29, 1.82) is 0 Å². The Morgan fingerprint density at radius 1 is 1.30 bits per heavy atom. The molecular weight excluding hydrogens is 276 g/mol. The minimum Gasteiger partial charge on any atom is -0.308 e. The van der Waals surface area contributed by atoms with Crippen LogP contribution in [0.25, 0.3) is 10.9 Å². The van der Waals surface area contributed by atoms with Gasteiger partial charge in [-0.25, -0.2) is 24.0 Å². The largest absolute Gasteiger partial charge is 0.308 e. The lowest BCUT2D eigenvalue weighted by molar-refractivity contribution is 0.578.